The molecule has 1 saturated carbocycles. The molecule has 0 radical (unpaired) electrons. The van der Waals surface area contributed by atoms with E-state index in [0.29, 0.717) is 12.5 Å². The summed E-state index contributed by atoms with van der Waals surface area (Å²) in [5.74, 6) is 2.60. The molecule has 1 fully saturated rings. The molecular formula is C19H25N5O. The maximum absolute atomic E-state index is 12.4. The van der Waals surface area contributed by atoms with Crippen LogP contribution in [0.4, 0.5) is 4.79 Å². The van der Waals surface area contributed by atoms with E-state index in [1.54, 1.807) is 0 Å². The van der Waals surface area contributed by atoms with Gasteiger partial charge in [0, 0.05) is 25.9 Å². The van der Waals surface area contributed by atoms with Crippen molar-refractivity contribution < 1.29 is 4.79 Å². The van der Waals surface area contributed by atoms with E-state index in [4.69, 9.17) is 0 Å². The van der Waals surface area contributed by atoms with Crippen LogP contribution in [0.25, 0.3) is 0 Å². The van der Waals surface area contributed by atoms with Crippen LogP contribution in [-0.4, -0.2) is 27.3 Å². The molecule has 0 bridgehead atoms. The molecule has 1 aromatic heterocycles. The predicted octanol–water partition coefficient (Wildman–Crippen LogP) is 2.61. The highest BCUT2D eigenvalue weighted by Gasteiger charge is 2.29. The highest BCUT2D eigenvalue weighted by molar-refractivity contribution is 5.74. The van der Waals surface area contributed by atoms with Crippen molar-refractivity contribution in [3.8, 4) is 0 Å². The van der Waals surface area contributed by atoms with Crippen LogP contribution in [0.3, 0.4) is 0 Å². The van der Waals surface area contributed by atoms with E-state index in [9.17, 15) is 4.79 Å². The van der Waals surface area contributed by atoms with Gasteiger partial charge in [-0.3, -0.25) is 0 Å². The van der Waals surface area contributed by atoms with Crippen LogP contribution in [0, 0.1) is 5.92 Å². The van der Waals surface area contributed by atoms with Gasteiger partial charge in [-0.15, -0.1) is 10.2 Å². The molecule has 1 aliphatic heterocycles. The van der Waals surface area contributed by atoms with Crippen LogP contribution < -0.4 is 10.6 Å². The number of carbonyl (C=O) groups excluding carboxylic acids is 1. The molecule has 132 valence electrons. The molecule has 1 atom stereocenters. The number of fused-ring (bicyclic) bond motifs is 1. The number of aryl methyl sites for hydroxylation is 1. The second kappa shape index (κ2) is 7.25. The summed E-state index contributed by atoms with van der Waals surface area (Å²) in [5.41, 5.74) is 1.19. The zero-order chi connectivity index (χ0) is 17.1. The number of rotatable bonds is 6. The Kier molecular flexibility index (Phi) is 4.68. The van der Waals surface area contributed by atoms with Crippen molar-refractivity contribution in [3.05, 3.63) is 47.5 Å². The number of hydrogen-bond donors (Lipinski definition) is 2. The van der Waals surface area contributed by atoms with Crippen LogP contribution >= 0.6 is 0 Å². The van der Waals surface area contributed by atoms with Gasteiger partial charge in [0.1, 0.15) is 11.6 Å². The minimum Gasteiger partial charge on any atom is -0.338 e. The first-order valence-corrected chi connectivity index (χ1v) is 9.31. The molecule has 0 spiro atoms. The summed E-state index contributed by atoms with van der Waals surface area (Å²) in [7, 11) is 0. The van der Waals surface area contributed by atoms with Crippen LogP contribution in [0.5, 0.6) is 0 Å². The molecule has 1 aliphatic carbocycles. The fourth-order valence-electron chi connectivity index (χ4n) is 3.78. The van der Waals surface area contributed by atoms with E-state index < -0.39 is 0 Å². The van der Waals surface area contributed by atoms with Gasteiger partial charge < -0.3 is 15.2 Å². The molecule has 0 unspecified atom stereocenters. The number of urea groups is 1. The summed E-state index contributed by atoms with van der Waals surface area (Å²) in [5, 5.41) is 14.6. The quantitative estimate of drug-likeness (QED) is 0.850. The highest BCUT2D eigenvalue weighted by Crippen LogP contribution is 2.37. The topological polar surface area (TPSA) is 71.8 Å². The average Bonchev–Trinajstić information content (AvgIpc) is 3.18. The summed E-state index contributed by atoms with van der Waals surface area (Å²) in [6.45, 7) is 1.58. The molecule has 6 heteroatoms. The third-order valence-corrected chi connectivity index (χ3v) is 5.39. The second-order valence-corrected chi connectivity index (χ2v) is 7.02. The van der Waals surface area contributed by atoms with E-state index in [1.807, 2.05) is 18.2 Å². The van der Waals surface area contributed by atoms with Gasteiger partial charge in [-0.1, -0.05) is 36.8 Å². The number of hydrogen-bond acceptors (Lipinski definition) is 3. The number of benzene rings is 1. The Bertz CT molecular complexity index is 723. The van der Waals surface area contributed by atoms with Gasteiger partial charge in [0.15, 0.2) is 0 Å². The Morgan fingerprint density at radius 1 is 1.20 bits per heavy atom. The smallest absolute Gasteiger partial charge is 0.315 e. The first-order valence-electron chi connectivity index (χ1n) is 9.31. The van der Waals surface area contributed by atoms with Gasteiger partial charge in [0.05, 0.1) is 6.04 Å². The van der Waals surface area contributed by atoms with Gasteiger partial charge >= 0.3 is 6.03 Å². The van der Waals surface area contributed by atoms with Crippen molar-refractivity contribution in [1.82, 2.24) is 25.4 Å². The first-order chi connectivity index (χ1) is 12.3. The summed E-state index contributed by atoms with van der Waals surface area (Å²) < 4.78 is 2.18. The van der Waals surface area contributed by atoms with E-state index in [2.05, 4.69) is 37.5 Å². The van der Waals surface area contributed by atoms with Gasteiger partial charge in [-0.2, -0.15) is 0 Å². The number of aromatic nitrogens is 3. The summed E-state index contributed by atoms with van der Waals surface area (Å²) >= 11 is 0. The number of nitrogens with zero attached hydrogens (tertiary/aromatic N) is 3. The number of nitrogens with one attached hydrogen (secondary N) is 2. The molecular weight excluding hydrogens is 314 g/mol. The number of amides is 2. The van der Waals surface area contributed by atoms with Crippen molar-refractivity contribution in [2.75, 3.05) is 6.54 Å². The molecule has 2 amide bonds. The Morgan fingerprint density at radius 2 is 2.04 bits per heavy atom. The Hall–Kier alpha value is -2.37. The lowest BCUT2D eigenvalue weighted by Crippen LogP contribution is -2.42. The third kappa shape index (κ3) is 3.52. The van der Waals surface area contributed by atoms with Crippen LogP contribution in [-0.2, 0) is 19.4 Å². The Balaban J connectivity index is 1.31. The maximum atomic E-state index is 12.4. The van der Waals surface area contributed by atoms with Crippen LogP contribution in [0.1, 0.15) is 48.9 Å². The van der Waals surface area contributed by atoms with E-state index in [1.165, 1.54) is 24.8 Å². The molecule has 6 nitrogen and oxygen atoms in total. The normalized spacial score (nSPS) is 17.6. The summed E-state index contributed by atoms with van der Waals surface area (Å²) in [6.07, 6.45) is 6.51. The molecule has 0 saturated heterocycles. The van der Waals surface area contributed by atoms with Gasteiger partial charge in [-0.05, 0) is 30.7 Å². The van der Waals surface area contributed by atoms with Crippen molar-refractivity contribution in [2.24, 2.45) is 5.92 Å². The van der Waals surface area contributed by atoms with E-state index in [0.717, 1.165) is 37.5 Å². The molecule has 2 heterocycles. The third-order valence-electron chi connectivity index (χ3n) is 5.39. The fraction of sp³-hybridized carbons (Fsp3) is 0.526. The SMILES string of the molecule is O=C(NCCc1nnc2n1CCC2)N[C@H](c1ccccc1)C1CCC1. The molecule has 2 aromatic rings. The van der Waals surface area contributed by atoms with Crippen LogP contribution in [0.2, 0.25) is 0 Å². The van der Waals surface area contributed by atoms with Crippen molar-refractivity contribution in [1.29, 1.82) is 0 Å². The average molecular weight is 339 g/mol. The van der Waals surface area contributed by atoms with Gasteiger partial charge in [0.2, 0.25) is 0 Å². The van der Waals surface area contributed by atoms with Gasteiger partial charge in [0.25, 0.3) is 0 Å². The number of carbonyl (C=O) groups is 1. The van der Waals surface area contributed by atoms with Crippen molar-refractivity contribution >= 4 is 6.03 Å². The van der Waals surface area contributed by atoms with Crippen LogP contribution in [0.15, 0.2) is 30.3 Å². The highest BCUT2D eigenvalue weighted by atomic mass is 16.2. The Morgan fingerprint density at radius 3 is 2.80 bits per heavy atom. The van der Waals surface area contributed by atoms with Crippen molar-refractivity contribution in [3.63, 3.8) is 0 Å². The lowest BCUT2D eigenvalue weighted by atomic mass is 9.77. The zero-order valence-electron chi connectivity index (χ0n) is 14.4. The fourth-order valence-corrected chi connectivity index (χ4v) is 3.78. The molecule has 25 heavy (non-hydrogen) atoms. The molecule has 4 rings (SSSR count). The summed E-state index contributed by atoms with van der Waals surface area (Å²) in [4.78, 5) is 12.4. The molecule has 2 aliphatic rings. The zero-order valence-corrected chi connectivity index (χ0v) is 14.4. The second-order valence-electron chi connectivity index (χ2n) is 7.02. The lowest BCUT2D eigenvalue weighted by molar-refractivity contribution is 0.208. The van der Waals surface area contributed by atoms with Gasteiger partial charge in [-0.25, -0.2) is 4.79 Å². The maximum Gasteiger partial charge on any atom is 0.315 e. The van der Waals surface area contributed by atoms with Crippen molar-refractivity contribution in [2.45, 2.75) is 51.1 Å². The van der Waals surface area contributed by atoms with E-state index >= 15 is 0 Å². The summed E-state index contributed by atoms with van der Waals surface area (Å²) in [6, 6.07) is 10.3. The predicted molar refractivity (Wildman–Crippen MR) is 95.1 cm³/mol. The monoisotopic (exact) mass is 339 g/mol. The van der Waals surface area contributed by atoms with E-state index in [-0.39, 0.29) is 12.1 Å². The first kappa shape index (κ1) is 16.1. The largest absolute Gasteiger partial charge is 0.338 e. The Labute approximate surface area is 148 Å². The molecule has 1 aromatic carbocycles. The minimum absolute atomic E-state index is 0.0955. The molecule has 2 N–H and O–H groups in total. The lowest BCUT2D eigenvalue weighted by Gasteiger charge is -2.34. The minimum atomic E-state index is -0.0955. The standard InChI is InChI=1S/C19H25N5O/c25-19(20-12-11-17-23-22-16-10-5-13-24(16)17)21-18(15-8-4-9-15)14-6-2-1-3-7-14/h1-3,6-7,15,18H,4-5,8-13H2,(H2,20,21,25)/t18-/m1/s1.